The first-order valence-electron chi connectivity index (χ1n) is 8.07. The molecule has 0 amide bonds. The summed E-state index contributed by atoms with van der Waals surface area (Å²) in [5.41, 5.74) is 5.66. The maximum absolute atomic E-state index is 5.73. The number of hydrogen-bond donors (Lipinski definition) is 1. The van der Waals surface area contributed by atoms with E-state index >= 15 is 0 Å². The number of aliphatic imine (C=N–C) groups is 1. The second-order valence-corrected chi connectivity index (χ2v) is 5.78. The fourth-order valence-electron chi connectivity index (χ4n) is 3.04. The van der Waals surface area contributed by atoms with Gasteiger partial charge in [0.15, 0.2) is 0 Å². The van der Waals surface area contributed by atoms with Gasteiger partial charge in [0.1, 0.15) is 12.4 Å². The zero-order valence-electron chi connectivity index (χ0n) is 13.0. The summed E-state index contributed by atoms with van der Waals surface area (Å²) in [4.78, 5) is 8.95. The molecular weight excluding hydrogens is 286 g/mol. The van der Waals surface area contributed by atoms with Crippen LogP contribution in [0.4, 0.5) is 5.69 Å². The van der Waals surface area contributed by atoms with Crippen LogP contribution in [0.1, 0.15) is 24.0 Å². The summed E-state index contributed by atoms with van der Waals surface area (Å²) in [5, 5.41) is 3.35. The van der Waals surface area contributed by atoms with E-state index < -0.39 is 0 Å². The number of hydrogen-bond acceptors (Lipinski definition) is 4. The lowest BCUT2D eigenvalue weighted by Gasteiger charge is -2.20. The molecule has 0 bridgehead atoms. The Morgan fingerprint density at radius 3 is 3.13 bits per heavy atom. The average molecular weight is 305 g/mol. The number of benzene rings is 1. The highest BCUT2D eigenvalue weighted by Crippen LogP contribution is 2.30. The van der Waals surface area contributed by atoms with Crippen molar-refractivity contribution in [1.82, 2.24) is 4.98 Å². The zero-order valence-corrected chi connectivity index (χ0v) is 13.0. The van der Waals surface area contributed by atoms with Crippen LogP contribution in [0, 0.1) is 0 Å². The highest BCUT2D eigenvalue weighted by molar-refractivity contribution is 6.15. The number of fused-ring (bicyclic) bond motifs is 1. The monoisotopic (exact) mass is 305 g/mol. The Morgan fingerprint density at radius 1 is 1.22 bits per heavy atom. The van der Waals surface area contributed by atoms with Gasteiger partial charge in [0, 0.05) is 31.0 Å². The Hall–Kier alpha value is -2.62. The smallest absolute Gasteiger partial charge is 0.143 e. The van der Waals surface area contributed by atoms with Crippen molar-refractivity contribution < 1.29 is 4.74 Å². The van der Waals surface area contributed by atoms with Crippen LogP contribution in [0.5, 0.6) is 5.75 Å². The van der Waals surface area contributed by atoms with Crippen molar-refractivity contribution in [2.75, 3.05) is 25.0 Å². The third-order valence-corrected chi connectivity index (χ3v) is 4.13. The SMILES string of the molecule is C(=C1/CCCN=C1c1cccnc1)/c1ccc2c(c1)OCCN2. The predicted octanol–water partition coefficient (Wildman–Crippen LogP) is 3.55. The van der Waals surface area contributed by atoms with Crippen LogP contribution in [0.25, 0.3) is 6.08 Å². The second kappa shape index (κ2) is 6.24. The summed E-state index contributed by atoms with van der Waals surface area (Å²) in [5.74, 6) is 0.932. The van der Waals surface area contributed by atoms with Gasteiger partial charge in [0.05, 0.1) is 11.4 Å². The minimum Gasteiger partial charge on any atom is -0.490 e. The molecule has 4 nitrogen and oxygen atoms in total. The van der Waals surface area contributed by atoms with Crippen LogP contribution in [-0.4, -0.2) is 30.4 Å². The highest BCUT2D eigenvalue weighted by atomic mass is 16.5. The lowest BCUT2D eigenvalue weighted by molar-refractivity contribution is 0.323. The van der Waals surface area contributed by atoms with Gasteiger partial charge < -0.3 is 10.1 Å². The molecule has 0 aliphatic carbocycles. The molecule has 1 aromatic heterocycles. The van der Waals surface area contributed by atoms with Gasteiger partial charge in [-0.1, -0.05) is 6.07 Å². The lowest BCUT2D eigenvalue weighted by Crippen LogP contribution is -2.17. The molecule has 0 unspecified atom stereocenters. The predicted molar refractivity (Wildman–Crippen MR) is 93.3 cm³/mol. The van der Waals surface area contributed by atoms with E-state index in [2.05, 4.69) is 40.6 Å². The van der Waals surface area contributed by atoms with Crippen molar-refractivity contribution in [2.45, 2.75) is 12.8 Å². The summed E-state index contributed by atoms with van der Waals surface area (Å²) in [6.07, 6.45) is 8.05. The maximum Gasteiger partial charge on any atom is 0.143 e. The number of ether oxygens (including phenoxy) is 1. The number of allylic oxidation sites excluding steroid dienone is 1. The molecule has 0 radical (unpaired) electrons. The number of aromatic nitrogens is 1. The molecule has 1 N–H and O–H groups in total. The summed E-state index contributed by atoms with van der Waals surface area (Å²) in [7, 11) is 0. The van der Waals surface area contributed by atoms with Crippen molar-refractivity contribution in [1.29, 1.82) is 0 Å². The molecule has 2 aliphatic heterocycles. The molecule has 2 aromatic rings. The molecular formula is C19H19N3O. The minimum absolute atomic E-state index is 0.718. The van der Waals surface area contributed by atoms with Crippen molar-refractivity contribution in [2.24, 2.45) is 4.99 Å². The molecule has 116 valence electrons. The van der Waals surface area contributed by atoms with E-state index in [1.807, 2.05) is 12.3 Å². The first-order valence-corrected chi connectivity index (χ1v) is 8.07. The van der Waals surface area contributed by atoms with Crippen molar-refractivity contribution in [3.8, 4) is 5.75 Å². The normalized spacial score (nSPS) is 18.6. The standard InChI is InChI=1S/C19H19N3O/c1-4-16(13-20-7-1)19-15(3-2-8-22-19)11-14-5-6-17-18(12-14)23-10-9-21-17/h1,4-7,11-13,21H,2-3,8-10H2/b15-11+. The van der Waals surface area contributed by atoms with Gasteiger partial charge in [0.2, 0.25) is 0 Å². The molecule has 1 aromatic carbocycles. The Kier molecular flexibility index (Phi) is 3.80. The van der Waals surface area contributed by atoms with Gasteiger partial charge in [-0.3, -0.25) is 9.98 Å². The van der Waals surface area contributed by atoms with Crippen LogP contribution in [0.15, 0.2) is 53.3 Å². The first kappa shape index (κ1) is 14.0. The lowest BCUT2D eigenvalue weighted by atomic mass is 9.95. The summed E-state index contributed by atoms with van der Waals surface area (Å²) in [6.45, 7) is 2.47. The van der Waals surface area contributed by atoms with Crippen LogP contribution in [0.2, 0.25) is 0 Å². The Bertz CT molecular complexity index is 765. The van der Waals surface area contributed by atoms with E-state index in [9.17, 15) is 0 Å². The molecule has 23 heavy (non-hydrogen) atoms. The molecule has 0 spiro atoms. The van der Waals surface area contributed by atoms with Gasteiger partial charge >= 0.3 is 0 Å². The van der Waals surface area contributed by atoms with Gasteiger partial charge in [0.25, 0.3) is 0 Å². The Morgan fingerprint density at radius 2 is 2.22 bits per heavy atom. The average Bonchev–Trinajstić information content (AvgIpc) is 2.63. The van der Waals surface area contributed by atoms with Crippen molar-refractivity contribution in [3.05, 3.63) is 59.4 Å². The van der Waals surface area contributed by atoms with Crippen molar-refractivity contribution in [3.63, 3.8) is 0 Å². The van der Waals surface area contributed by atoms with Gasteiger partial charge in [-0.05, 0) is 54.3 Å². The van der Waals surface area contributed by atoms with E-state index in [1.165, 1.54) is 5.57 Å². The molecule has 0 fully saturated rings. The van der Waals surface area contributed by atoms with E-state index in [-0.39, 0.29) is 0 Å². The third-order valence-electron chi connectivity index (χ3n) is 4.13. The van der Waals surface area contributed by atoms with E-state index in [0.717, 1.165) is 60.8 Å². The molecule has 0 atom stereocenters. The van der Waals surface area contributed by atoms with E-state index in [4.69, 9.17) is 9.73 Å². The van der Waals surface area contributed by atoms with Crippen molar-refractivity contribution >= 4 is 17.5 Å². The molecule has 2 aliphatic rings. The van der Waals surface area contributed by atoms with Gasteiger partial charge in [-0.25, -0.2) is 0 Å². The fraction of sp³-hybridized carbons (Fsp3) is 0.263. The molecule has 4 heteroatoms. The quantitative estimate of drug-likeness (QED) is 0.923. The second-order valence-electron chi connectivity index (χ2n) is 5.78. The van der Waals surface area contributed by atoms with E-state index in [0.29, 0.717) is 0 Å². The summed E-state index contributed by atoms with van der Waals surface area (Å²) < 4.78 is 5.73. The maximum atomic E-state index is 5.73. The number of nitrogens with one attached hydrogen (secondary N) is 1. The molecule has 3 heterocycles. The summed E-state index contributed by atoms with van der Waals surface area (Å²) >= 11 is 0. The van der Waals surface area contributed by atoms with Gasteiger partial charge in [-0.15, -0.1) is 0 Å². The molecule has 4 rings (SSSR count). The summed E-state index contributed by atoms with van der Waals surface area (Å²) in [6, 6.07) is 10.4. The van der Waals surface area contributed by atoms with Crippen LogP contribution < -0.4 is 10.1 Å². The van der Waals surface area contributed by atoms with Crippen LogP contribution >= 0.6 is 0 Å². The Labute approximate surface area is 135 Å². The fourth-order valence-corrected chi connectivity index (χ4v) is 3.04. The third kappa shape index (κ3) is 2.97. The van der Waals surface area contributed by atoms with Gasteiger partial charge in [-0.2, -0.15) is 0 Å². The zero-order chi connectivity index (χ0) is 15.5. The van der Waals surface area contributed by atoms with Crippen LogP contribution in [-0.2, 0) is 0 Å². The van der Waals surface area contributed by atoms with Crippen LogP contribution in [0.3, 0.4) is 0 Å². The Balaban J connectivity index is 1.69. The first-order chi connectivity index (χ1) is 11.4. The number of anilines is 1. The topological polar surface area (TPSA) is 46.5 Å². The molecule has 0 saturated heterocycles. The highest BCUT2D eigenvalue weighted by Gasteiger charge is 2.15. The largest absolute Gasteiger partial charge is 0.490 e. The number of pyridine rings is 1. The molecule has 0 saturated carbocycles. The number of nitrogens with zero attached hydrogens (tertiary/aromatic N) is 2. The van der Waals surface area contributed by atoms with E-state index in [1.54, 1.807) is 6.20 Å². The number of rotatable bonds is 2. The minimum atomic E-state index is 0.718.